The zero-order valence-corrected chi connectivity index (χ0v) is 37.4. The summed E-state index contributed by atoms with van der Waals surface area (Å²) in [4.78, 5) is 0. The van der Waals surface area contributed by atoms with Crippen molar-refractivity contribution in [2.24, 2.45) is 0 Å². The zero-order valence-electron chi connectivity index (χ0n) is 36.5. The van der Waals surface area contributed by atoms with Crippen LogP contribution in [-0.4, -0.2) is 18.3 Å². The Bertz CT molecular complexity index is 974. The molecular formula is C48H91O4P. The molecule has 0 aliphatic rings. The van der Waals surface area contributed by atoms with E-state index in [0.29, 0.717) is 19.0 Å². The molecule has 0 fully saturated rings. The summed E-state index contributed by atoms with van der Waals surface area (Å²) >= 11 is 0. The molecule has 1 rings (SSSR count). The highest BCUT2D eigenvalue weighted by molar-refractivity contribution is 7.53. The SMILES string of the molecule is CCCCCCCCCCCCCCCCCCOP(=O)(Cc1cc(C)c(O)c(C(C)(C)C)c1)OCCCCCCCCCCCCCCCCCC. The zero-order chi connectivity index (χ0) is 38.9. The maximum atomic E-state index is 14.2. The van der Waals surface area contributed by atoms with Crippen molar-refractivity contribution >= 4 is 7.60 Å². The van der Waals surface area contributed by atoms with Crippen molar-refractivity contribution in [3.8, 4) is 5.75 Å². The third-order valence-corrected chi connectivity index (χ3v) is 13.0. The third kappa shape index (κ3) is 28.3. The van der Waals surface area contributed by atoms with Gasteiger partial charge in [-0.25, -0.2) is 0 Å². The van der Waals surface area contributed by atoms with Crippen molar-refractivity contribution in [1.29, 1.82) is 0 Å². The van der Waals surface area contributed by atoms with E-state index in [4.69, 9.17) is 9.05 Å². The predicted octanol–water partition coefficient (Wildman–Crippen LogP) is 17.2. The number of rotatable bonds is 38. The third-order valence-electron chi connectivity index (χ3n) is 11.1. The van der Waals surface area contributed by atoms with Gasteiger partial charge in [-0.05, 0) is 41.9 Å². The molecule has 0 aliphatic heterocycles. The molecule has 1 aromatic carbocycles. The lowest BCUT2D eigenvalue weighted by atomic mass is 9.84. The van der Waals surface area contributed by atoms with E-state index in [-0.39, 0.29) is 11.6 Å². The molecule has 53 heavy (non-hydrogen) atoms. The van der Waals surface area contributed by atoms with Crippen molar-refractivity contribution in [3.63, 3.8) is 0 Å². The fraction of sp³-hybridized carbons (Fsp3) is 0.875. The summed E-state index contributed by atoms with van der Waals surface area (Å²) in [5.74, 6) is 0.333. The van der Waals surface area contributed by atoms with E-state index < -0.39 is 7.60 Å². The first-order valence-electron chi connectivity index (χ1n) is 23.3. The standard InChI is InChI=1S/C48H91O4P/c1-7-9-11-13-15-17-19-21-23-25-27-29-31-33-35-37-39-51-53(50,43-45-41-44(3)47(49)46(42-45)48(4,5)6)52-40-38-36-34-32-30-28-26-24-22-20-18-16-14-12-10-8-2/h41-42,49H,7-40,43H2,1-6H3. The maximum Gasteiger partial charge on any atom is 0.335 e. The Morgan fingerprint density at radius 1 is 0.491 bits per heavy atom. The average Bonchev–Trinajstić information content (AvgIpc) is 3.12. The Hall–Kier alpha value is -0.830. The van der Waals surface area contributed by atoms with Gasteiger partial charge in [0.15, 0.2) is 0 Å². The van der Waals surface area contributed by atoms with Crippen molar-refractivity contribution in [2.75, 3.05) is 13.2 Å². The van der Waals surface area contributed by atoms with Crippen LogP contribution in [0.15, 0.2) is 12.1 Å². The molecule has 0 radical (unpaired) electrons. The monoisotopic (exact) mass is 763 g/mol. The highest BCUT2D eigenvalue weighted by Gasteiger charge is 2.28. The van der Waals surface area contributed by atoms with Gasteiger partial charge in [-0.3, -0.25) is 4.57 Å². The Labute approximate surface area is 331 Å². The van der Waals surface area contributed by atoms with Gasteiger partial charge in [-0.1, -0.05) is 239 Å². The number of hydrogen-bond acceptors (Lipinski definition) is 4. The van der Waals surface area contributed by atoms with Crippen molar-refractivity contribution in [1.82, 2.24) is 0 Å². The second-order valence-corrected chi connectivity index (χ2v) is 19.7. The molecule has 312 valence electrons. The number of benzene rings is 1. The summed E-state index contributed by atoms with van der Waals surface area (Å²) in [7, 11) is -3.31. The van der Waals surface area contributed by atoms with Gasteiger partial charge in [-0.2, -0.15) is 0 Å². The van der Waals surface area contributed by atoms with Gasteiger partial charge in [-0.15, -0.1) is 0 Å². The van der Waals surface area contributed by atoms with Crippen LogP contribution < -0.4 is 0 Å². The molecule has 0 unspecified atom stereocenters. The lowest BCUT2D eigenvalue weighted by molar-refractivity contribution is 0.196. The summed E-state index contributed by atoms with van der Waals surface area (Å²) in [5.41, 5.74) is 2.41. The van der Waals surface area contributed by atoms with Gasteiger partial charge < -0.3 is 14.2 Å². The molecule has 0 amide bonds. The van der Waals surface area contributed by atoms with Gasteiger partial charge in [0.2, 0.25) is 0 Å². The Kier molecular flexibility index (Phi) is 31.6. The van der Waals surface area contributed by atoms with Crippen LogP contribution >= 0.6 is 7.60 Å². The van der Waals surface area contributed by atoms with Crippen LogP contribution in [0.5, 0.6) is 5.75 Å². The smallest absolute Gasteiger partial charge is 0.335 e. The van der Waals surface area contributed by atoms with Crippen molar-refractivity contribution in [2.45, 2.75) is 259 Å². The first-order valence-corrected chi connectivity index (χ1v) is 25.1. The molecule has 5 heteroatoms. The molecule has 0 atom stereocenters. The van der Waals surface area contributed by atoms with Crippen LogP contribution in [0.4, 0.5) is 0 Å². The highest BCUT2D eigenvalue weighted by Crippen LogP contribution is 2.52. The van der Waals surface area contributed by atoms with E-state index in [2.05, 4.69) is 34.6 Å². The molecule has 0 saturated carbocycles. The van der Waals surface area contributed by atoms with E-state index in [1.807, 2.05) is 19.1 Å². The lowest BCUT2D eigenvalue weighted by Crippen LogP contribution is -2.13. The fourth-order valence-corrected chi connectivity index (χ4v) is 9.28. The van der Waals surface area contributed by atoms with Crippen LogP contribution in [0.25, 0.3) is 0 Å². The average molecular weight is 763 g/mol. The van der Waals surface area contributed by atoms with Gasteiger partial charge in [0.05, 0.1) is 19.4 Å². The fourth-order valence-electron chi connectivity index (χ4n) is 7.58. The first-order chi connectivity index (χ1) is 25.6. The Morgan fingerprint density at radius 3 is 1.06 bits per heavy atom. The molecule has 1 N–H and O–H groups in total. The van der Waals surface area contributed by atoms with Gasteiger partial charge in [0.1, 0.15) is 5.75 Å². The molecule has 0 saturated heterocycles. The number of phenols is 1. The molecule has 0 heterocycles. The summed E-state index contributed by atoms with van der Waals surface area (Å²) in [6.07, 6.45) is 42.8. The van der Waals surface area contributed by atoms with E-state index >= 15 is 0 Å². The Balaban J connectivity index is 2.34. The minimum Gasteiger partial charge on any atom is -0.507 e. The molecular weight excluding hydrogens is 671 g/mol. The summed E-state index contributed by atoms with van der Waals surface area (Å²) in [6.45, 7) is 13.8. The second kappa shape index (κ2) is 33.3. The highest BCUT2D eigenvalue weighted by atomic mass is 31.2. The molecule has 0 aliphatic carbocycles. The van der Waals surface area contributed by atoms with E-state index in [1.165, 1.54) is 180 Å². The molecule has 1 aromatic rings. The Morgan fingerprint density at radius 2 is 0.774 bits per heavy atom. The van der Waals surface area contributed by atoms with Crippen molar-refractivity contribution in [3.05, 3.63) is 28.8 Å². The minimum absolute atomic E-state index is 0.211. The molecule has 0 aromatic heterocycles. The van der Waals surface area contributed by atoms with Gasteiger partial charge in [0, 0.05) is 0 Å². The first kappa shape index (κ1) is 50.2. The predicted molar refractivity (Wildman–Crippen MR) is 234 cm³/mol. The van der Waals surface area contributed by atoms with Crippen LogP contribution in [0.3, 0.4) is 0 Å². The largest absolute Gasteiger partial charge is 0.507 e. The molecule has 0 bridgehead atoms. The summed E-state index contributed by atoms with van der Waals surface area (Å²) in [5, 5.41) is 10.8. The number of aromatic hydroxyl groups is 1. The number of aryl methyl sites for hydroxylation is 1. The van der Waals surface area contributed by atoms with Crippen LogP contribution in [0.2, 0.25) is 0 Å². The normalized spacial score (nSPS) is 12.3. The molecule has 0 spiro atoms. The quantitative estimate of drug-likeness (QED) is 0.0538. The maximum absolute atomic E-state index is 14.2. The summed E-state index contributed by atoms with van der Waals surface area (Å²) in [6, 6.07) is 3.96. The van der Waals surface area contributed by atoms with Crippen molar-refractivity contribution < 1.29 is 18.7 Å². The van der Waals surface area contributed by atoms with E-state index in [9.17, 15) is 9.67 Å². The lowest BCUT2D eigenvalue weighted by Gasteiger charge is -2.24. The van der Waals surface area contributed by atoms with E-state index in [0.717, 1.165) is 42.4 Å². The number of hydrogen-bond donors (Lipinski definition) is 1. The minimum atomic E-state index is -3.31. The number of phenolic OH excluding ortho intramolecular Hbond substituents is 1. The van der Waals surface area contributed by atoms with E-state index in [1.54, 1.807) is 0 Å². The van der Waals surface area contributed by atoms with Crippen LogP contribution in [-0.2, 0) is 25.2 Å². The number of unbranched alkanes of at least 4 members (excludes halogenated alkanes) is 30. The molecule has 4 nitrogen and oxygen atoms in total. The summed E-state index contributed by atoms with van der Waals surface area (Å²) < 4.78 is 26.4. The second-order valence-electron chi connectivity index (χ2n) is 17.6. The topological polar surface area (TPSA) is 55.8 Å². The van der Waals surface area contributed by atoms with Crippen LogP contribution in [0.1, 0.15) is 257 Å². The van der Waals surface area contributed by atoms with Gasteiger partial charge >= 0.3 is 7.60 Å². The van der Waals surface area contributed by atoms with Crippen LogP contribution in [0, 0.1) is 6.92 Å². The van der Waals surface area contributed by atoms with Gasteiger partial charge in [0.25, 0.3) is 0 Å².